The molecule has 0 aliphatic carbocycles. The summed E-state index contributed by atoms with van der Waals surface area (Å²) in [7, 11) is 0. The fourth-order valence-corrected chi connectivity index (χ4v) is 2.07. The third kappa shape index (κ3) is 5.66. The number of hydrogen-bond acceptors (Lipinski definition) is 3. The summed E-state index contributed by atoms with van der Waals surface area (Å²) in [6, 6.07) is 2.46. The van der Waals surface area contributed by atoms with Gasteiger partial charge in [-0.25, -0.2) is 0 Å². The number of benzene rings is 1. The molecule has 0 atom stereocenters. The second-order valence-corrected chi connectivity index (χ2v) is 5.28. The van der Waals surface area contributed by atoms with Crippen LogP contribution in [0.4, 0.5) is 32.0 Å². The molecule has 0 saturated heterocycles. The van der Waals surface area contributed by atoms with Crippen LogP contribution in [0.15, 0.2) is 30.4 Å². The minimum Gasteiger partial charge on any atom is -0.352 e. The third-order valence-corrected chi connectivity index (χ3v) is 3.34. The second kappa shape index (κ2) is 7.82. The van der Waals surface area contributed by atoms with Crippen LogP contribution in [0.5, 0.6) is 0 Å². The number of anilines is 1. The van der Waals surface area contributed by atoms with Crippen molar-refractivity contribution in [1.82, 2.24) is 5.32 Å². The molecule has 24 heavy (non-hydrogen) atoms. The lowest BCUT2D eigenvalue weighted by atomic mass is 10.1. The lowest BCUT2D eigenvalue weighted by molar-refractivity contribution is -0.137. The van der Waals surface area contributed by atoms with E-state index in [0.717, 1.165) is 30.1 Å². The lowest BCUT2D eigenvalue weighted by Crippen LogP contribution is -2.27. The Balaban J connectivity index is 2.85. The third-order valence-electron chi connectivity index (χ3n) is 2.92. The Morgan fingerprint density at radius 3 is 2.33 bits per heavy atom. The second-order valence-electron chi connectivity index (χ2n) is 4.67. The van der Waals surface area contributed by atoms with Gasteiger partial charge in [0, 0.05) is 18.4 Å². The van der Waals surface area contributed by atoms with E-state index in [2.05, 4.69) is 16.6 Å². The molecule has 1 aromatic carbocycles. The summed E-state index contributed by atoms with van der Waals surface area (Å²) in [5.74, 6) is -0.782. The molecule has 10 heteroatoms. The predicted octanol–water partition coefficient (Wildman–Crippen LogP) is 4.63. The molecule has 0 radical (unpaired) electrons. The van der Waals surface area contributed by atoms with Crippen LogP contribution in [0.2, 0.25) is 0 Å². The highest BCUT2D eigenvalue weighted by Gasteiger charge is 2.32. The maximum atomic E-state index is 12.7. The molecule has 0 aromatic heterocycles. The molecule has 0 aliphatic rings. The largest absolute Gasteiger partial charge is 0.416 e. The topological polar surface area (TPSA) is 41.1 Å². The molecule has 3 nitrogen and oxygen atoms in total. The van der Waals surface area contributed by atoms with Crippen molar-refractivity contribution < 1.29 is 31.1 Å². The van der Waals surface area contributed by atoms with Gasteiger partial charge < -0.3 is 10.0 Å². The molecule has 2 N–H and O–H groups in total. The van der Waals surface area contributed by atoms with Crippen LogP contribution in [0.25, 0.3) is 0 Å². The summed E-state index contributed by atoms with van der Waals surface area (Å²) in [5.41, 5.74) is -2.13. The Kier molecular flexibility index (Phi) is 6.58. The van der Waals surface area contributed by atoms with Crippen LogP contribution in [-0.4, -0.2) is 24.9 Å². The molecule has 0 aliphatic heterocycles. The van der Waals surface area contributed by atoms with Crippen molar-refractivity contribution in [3.05, 3.63) is 41.5 Å². The molecule has 1 aromatic rings. The number of carbonyl (C=O) groups excluding carboxylic acids is 1. The number of carbonyl (C=O) groups is 1. The summed E-state index contributed by atoms with van der Waals surface area (Å²) in [6.45, 7) is 2.53. The number of alkyl halides is 6. The number of halogens is 6. The van der Waals surface area contributed by atoms with E-state index in [9.17, 15) is 31.1 Å². The lowest BCUT2D eigenvalue weighted by Gasteiger charge is -2.14. The van der Waals surface area contributed by atoms with Crippen molar-refractivity contribution >= 4 is 23.5 Å². The van der Waals surface area contributed by atoms with E-state index < -0.39 is 35.8 Å². The molecule has 134 valence electrons. The molecule has 0 saturated carbocycles. The van der Waals surface area contributed by atoms with Gasteiger partial charge in [0.1, 0.15) is 0 Å². The highest BCUT2D eigenvalue weighted by Crippen LogP contribution is 2.33. The van der Waals surface area contributed by atoms with Gasteiger partial charge in [-0.2, -0.15) is 26.3 Å². The maximum Gasteiger partial charge on any atom is 0.416 e. The van der Waals surface area contributed by atoms with Crippen LogP contribution in [0, 0.1) is 0 Å². The smallest absolute Gasteiger partial charge is 0.352 e. The van der Waals surface area contributed by atoms with Gasteiger partial charge in [-0.15, -0.1) is 0 Å². The minimum absolute atomic E-state index is 0.0792. The Hall–Kier alpha value is -1.84. The van der Waals surface area contributed by atoms with Crippen LogP contribution in [0.1, 0.15) is 22.3 Å². The Morgan fingerprint density at radius 1 is 1.21 bits per heavy atom. The van der Waals surface area contributed by atoms with Crippen molar-refractivity contribution in [1.29, 1.82) is 0 Å². The molecular formula is C14H14F6N2OS. The quantitative estimate of drug-likeness (QED) is 0.435. The normalized spacial score (nSPS) is 12.0. The van der Waals surface area contributed by atoms with Crippen LogP contribution in [-0.2, 0) is 6.18 Å². The molecular weight excluding hydrogens is 358 g/mol. The first-order chi connectivity index (χ1) is 11.0. The first-order valence-corrected chi connectivity index (χ1v) is 7.72. The summed E-state index contributed by atoms with van der Waals surface area (Å²) >= 11 is 0.978. The van der Waals surface area contributed by atoms with Gasteiger partial charge in [0.15, 0.2) is 0 Å². The van der Waals surface area contributed by atoms with Crippen molar-refractivity contribution in [2.45, 2.75) is 18.8 Å². The van der Waals surface area contributed by atoms with Crippen molar-refractivity contribution in [2.24, 2.45) is 0 Å². The van der Waals surface area contributed by atoms with Gasteiger partial charge in [0.05, 0.1) is 16.8 Å². The van der Waals surface area contributed by atoms with Gasteiger partial charge in [-0.05, 0) is 24.6 Å². The SMILES string of the molecule is C=C(CCNC(=O)c1ccc(C(F)(F)F)cc1NSC)C(F)(F)F. The fourth-order valence-electron chi connectivity index (χ4n) is 1.68. The number of rotatable bonds is 6. The van der Waals surface area contributed by atoms with Crippen LogP contribution in [0.3, 0.4) is 0 Å². The molecule has 0 unspecified atom stereocenters. The zero-order valence-electron chi connectivity index (χ0n) is 12.4. The van der Waals surface area contributed by atoms with Gasteiger partial charge in [-0.3, -0.25) is 4.79 Å². The van der Waals surface area contributed by atoms with E-state index in [1.165, 1.54) is 0 Å². The highest BCUT2D eigenvalue weighted by molar-refractivity contribution is 7.99. The fraction of sp³-hybridized carbons (Fsp3) is 0.357. The zero-order valence-corrected chi connectivity index (χ0v) is 13.3. The average molecular weight is 372 g/mol. The number of amides is 1. The van der Waals surface area contributed by atoms with Crippen molar-refractivity contribution in [3.63, 3.8) is 0 Å². The average Bonchev–Trinajstić information content (AvgIpc) is 2.45. The summed E-state index contributed by atoms with van der Waals surface area (Å²) in [5, 5.41) is 2.23. The first-order valence-electron chi connectivity index (χ1n) is 6.50. The summed E-state index contributed by atoms with van der Waals surface area (Å²) in [4.78, 5) is 12.0. The molecule has 1 rings (SSSR count). The summed E-state index contributed by atoms with van der Waals surface area (Å²) in [6.07, 6.45) is -8.09. The Morgan fingerprint density at radius 2 is 1.83 bits per heavy atom. The number of nitrogens with one attached hydrogen (secondary N) is 2. The predicted molar refractivity (Wildman–Crippen MR) is 80.7 cm³/mol. The van der Waals surface area contributed by atoms with E-state index in [0.29, 0.717) is 0 Å². The highest BCUT2D eigenvalue weighted by atomic mass is 32.2. The maximum absolute atomic E-state index is 12.7. The van der Waals surface area contributed by atoms with Gasteiger partial charge >= 0.3 is 12.4 Å². The van der Waals surface area contributed by atoms with E-state index in [1.54, 1.807) is 6.26 Å². The van der Waals surface area contributed by atoms with Gasteiger partial charge in [0.2, 0.25) is 0 Å². The van der Waals surface area contributed by atoms with Crippen molar-refractivity contribution in [2.75, 3.05) is 17.5 Å². The Labute approximate surface area is 138 Å². The summed E-state index contributed by atoms with van der Waals surface area (Å²) < 4.78 is 77.5. The van der Waals surface area contributed by atoms with E-state index in [4.69, 9.17) is 0 Å². The van der Waals surface area contributed by atoms with E-state index in [-0.39, 0.29) is 17.8 Å². The molecule has 0 heterocycles. The molecule has 1 amide bonds. The monoisotopic (exact) mass is 372 g/mol. The van der Waals surface area contributed by atoms with Crippen molar-refractivity contribution in [3.8, 4) is 0 Å². The molecule has 0 fully saturated rings. The zero-order chi connectivity index (χ0) is 18.5. The van der Waals surface area contributed by atoms with Gasteiger partial charge in [-0.1, -0.05) is 18.5 Å². The number of hydrogen-bond donors (Lipinski definition) is 2. The minimum atomic E-state index is -4.58. The van der Waals surface area contributed by atoms with Gasteiger partial charge in [0.25, 0.3) is 5.91 Å². The Bertz CT molecular complexity index is 612. The first kappa shape index (κ1) is 20.2. The standard InChI is InChI=1S/C14H14F6N2OS/c1-8(13(15,16)17)5-6-21-12(23)10-4-3-9(14(18,19)20)7-11(10)22-24-2/h3-4,7,22H,1,5-6H2,2H3,(H,21,23). The van der Waals surface area contributed by atoms with E-state index in [1.807, 2.05) is 0 Å². The van der Waals surface area contributed by atoms with E-state index >= 15 is 0 Å². The molecule has 0 bridgehead atoms. The van der Waals surface area contributed by atoms with Crippen LogP contribution >= 0.6 is 11.9 Å². The molecule has 0 spiro atoms. The van der Waals surface area contributed by atoms with Crippen LogP contribution < -0.4 is 10.0 Å².